The van der Waals surface area contributed by atoms with E-state index in [0.717, 1.165) is 31.7 Å². The molecule has 5 rings (SSSR count). The normalized spacial score (nSPS) is 17.5. The number of fused-ring (bicyclic) bond motifs is 1. The van der Waals surface area contributed by atoms with Gasteiger partial charge in [0.05, 0.1) is 11.1 Å². The van der Waals surface area contributed by atoms with E-state index in [-0.39, 0.29) is 47.2 Å². The number of ether oxygens (including phenoxy) is 1. The average Bonchev–Trinajstić information content (AvgIpc) is 3.58. The van der Waals surface area contributed by atoms with Crippen LogP contribution in [0, 0.1) is 5.82 Å². The summed E-state index contributed by atoms with van der Waals surface area (Å²) in [6, 6.07) is 5.14. The van der Waals surface area contributed by atoms with Crippen LogP contribution in [0.1, 0.15) is 76.4 Å². The number of nitrogens with one attached hydrogen (secondary N) is 1. The summed E-state index contributed by atoms with van der Waals surface area (Å²) in [5.41, 5.74) is 0.860. The third kappa shape index (κ3) is 5.94. The number of aromatic nitrogens is 5. The Morgan fingerprint density at radius 2 is 1.95 bits per heavy atom. The van der Waals surface area contributed by atoms with Gasteiger partial charge in [0.15, 0.2) is 11.5 Å². The van der Waals surface area contributed by atoms with Crippen LogP contribution in [0.2, 0.25) is 0 Å². The lowest BCUT2D eigenvalue weighted by molar-refractivity contribution is -0.119. The first kappa shape index (κ1) is 29.4. The number of sulfonamides is 1. The van der Waals surface area contributed by atoms with Crippen molar-refractivity contribution >= 4 is 34.0 Å². The van der Waals surface area contributed by atoms with Crippen LogP contribution in [0.5, 0.6) is 5.88 Å². The minimum atomic E-state index is -4.18. The highest BCUT2D eigenvalue weighted by Crippen LogP contribution is 2.35. The standard InChI is InChI=1S/C26H29FN6O5S.ClH/c1-4-22(34)32-39(35,36)18-9-10-19(21(27)13-18)20-14-29-33-23(11-12-28-25(20)33)37-17-7-5-16(6-8-17)26-30-24(15(2)3)31-38-26;/h9-17H,4-8H2,1-3H3,(H,32,34);1H. The van der Waals surface area contributed by atoms with Gasteiger partial charge in [-0.3, -0.25) is 4.79 Å². The average molecular weight is 593 g/mol. The van der Waals surface area contributed by atoms with Crippen molar-refractivity contribution in [3.05, 3.63) is 54.2 Å². The van der Waals surface area contributed by atoms with Gasteiger partial charge in [-0.25, -0.2) is 22.5 Å². The number of nitrogens with zero attached hydrogens (tertiary/aromatic N) is 5. The molecular weight excluding hydrogens is 563 g/mol. The molecule has 214 valence electrons. The quantitative estimate of drug-likeness (QED) is 0.306. The third-order valence-electron chi connectivity index (χ3n) is 6.76. The second kappa shape index (κ2) is 11.9. The number of hydrogen-bond acceptors (Lipinski definition) is 9. The number of halogens is 2. The molecule has 1 aliphatic rings. The Hall–Kier alpha value is -3.58. The number of carbonyl (C=O) groups excluding carboxylic acids is 1. The molecule has 0 unspecified atom stereocenters. The zero-order valence-corrected chi connectivity index (χ0v) is 23.8. The molecule has 0 saturated heterocycles. The smallest absolute Gasteiger partial charge is 0.264 e. The molecule has 40 heavy (non-hydrogen) atoms. The Kier molecular flexibility index (Phi) is 8.74. The molecule has 0 bridgehead atoms. The molecule has 14 heteroatoms. The summed E-state index contributed by atoms with van der Waals surface area (Å²) in [6.07, 6.45) is 6.24. The molecule has 3 aromatic heterocycles. The third-order valence-corrected chi connectivity index (χ3v) is 8.13. The number of rotatable bonds is 8. The molecule has 0 aliphatic heterocycles. The number of benzene rings is 1. The number of carbonyl (C=O) groups is 1. The second-order valence-electron chi connectivity index (χ2n) is 9.84. The van der Waals surface area contributed by atoms with Crippen molar-refractivity contribution in [1.29, 1.82) is 0 Å². The topological polar surface area (TPSA) is 142 Å². The minimum absolute atomic E-state index is 0. The van der Waals surface area contributed by atoms with Crippen molar-refractivity contribution in [2.45, 2.75) is 75.7 Å². The molecule has 1 fully saturated rings. The molecule has 0 atom stereocenters. The summed E-state index contributed by atoms with van der Waals surface area (Å²) in [6.45, 7) is 5.57. The van der Waals surface area contributed by atoms with Gasteiger partial charge < -0.3 is 9.26 Å². The fourth-order valence-corrected chi connectivity index (χ4v) is 5.63. The Balaban J connectivity index is 0.00000370. The molecule has 0 radical (unpaired) electrons. The highest BCUT2D eigenvalue weighted by Gasteiger charge is 2.29. The first-order valence-corrected chi connectivity index (χ1v) is 14.3. The minimum Gasteiger partial charge on any atom is -0.474 e. The van der Waals surface area contributed by atoms with E-state index in [4.69, 9.17) is 9.26 Å². The summed E-state index contributed by atoms with van der Waals surface area (Å²) < 4.78 is 55.0. The first-order chi connectivity index (χ1) is 18.7. The number of amides is 1. The highest BCUT2D eigenvalue weighted by atomic mass is 35.5. The van der Waals surface area contributed by atoms with Crippen LogP contribution >= 0.6 is 12.4 Å². The second-order valence-corrected chi connectivity index (χ2v) is 11.5. The van der Waals surface area contributed by atoms with Gasteiger partial charge in [-0.15, -0.1) is 12.4 Å². The van der Waals surface area contributed by atoms with E-state index >= 15 is 4.39 Å². The Bertz CT molecular complexity index is 1610. The molecule has 0 spiro atoms. The van der Waals surface area contributed by atoms with E-state index < -0.39 is 21.7 Å². The Morgan fingerprint density at radius 1 is 1.20 bits per heavy atom. The SMILES string of the molecule is CCC(=O)NS(=O)(=O)c1ccc(-c2cnn3c(OC4CCC(c5nc(C(C)C)no5)CC4)ccnc23)c(F)c1.Cl. The van der Waals surface area contributed by atoms with Crippen molar-refractivity contribution < 1.29 is 26.9 Å². The van der Waals surface area contributed by atoms with Gasteiger partial charge >= 0.3 is 0 Å². The maximum Gasteiger partial charge on any atom is 0.264 e. The van der Waals surface area contributed by atoms with Crippen LogP contribution in [0.25, 0.3) is 16.8 Å². The van der Waals surface area contributed by atoms with Crippen LogP contribution in [0.3, 0.4) is 0 Å². The van der Waals surface area contributed by atoms with E-state index in [2.05, 4.69) is 20.2 Å². The van der Waals surface area contributed by atoms with Crippen LogP contribution in [0.15, 0.2) is 46.1 Å². The summed E-state index contributed by atoms with van der Waals surface area (Å²) in [5, 5.41) is 8.43. The van der Waals surface area contributed by atoms with Crippen LogP contribution in [-0.4, -0.2) is 45.2 Å². The van der Waals surface area contributed by atoms with E-state index in [1.54, 1.807) is 12.3 Å². The van der Waals surface area contributed by atoms with Gasteiger partial charge in [0.1, 0.15) is 11.9 Å². The van der Waals surface area contributed by atoms with Crippen molar-refractivity contribution in [1.82, 2.24) is 29.5 Å². The predicted molar refractivity (Wildman–Crippen MR) is 145 cm³/mol. The summed E-state index contributed by atoms with van der Waals surface area (Å²) in [5.74, 6) is 0.803. The van der Waals surface area contributed by atoms with E-state index in [1.807, 2.05) is 18.6 Å². The lowest BCUT2D eigenvalue weighted by Gasteiger charge is -2.27. The largest absolute Gasteiger partial charge is 0.474 e. The molecule has 3 heterocycles. The lowest BCUT2D eigenvalue weighted by atomic mass is 9.87. The zero-order valence-electron chi connectivity index (χ0n) is 22.2. The molecule has 4 aromatic rings. The molecular formula is C26H30ClFN6O5S. The molecule has 1 aliphatic carbocycles. The van der Waals surface area contributed by atoms with Gasteiger partial charge in [-0.05, 0) is 43.9 Å². The van der Waals surface area contributed by atoms with Crippen LogP contribution < -0.4 is 9.46 Å². The monoisotopic (exact) mass is 592 g/mol. The van der Waals surface area contributed by atoms with Gasteiger partial charge in [0.2, 0.25) is 17.7 Å². The van der Waals surface area contributed by atoms with Gasteiger partial charge in [0.25, 0.3) is 10.0 Å². The molecule has 11 nitrogen and oxygen atoms in total. The van der Waals surface area contributed by atoms with Gasteiger partial charge in [0, 0.05) is 41.6 Å². The molecule has 1 saturated carbocycles. The highest BCUT2D eigenvalue weighted by molar-refractivity contribution is 7.90. The van der Waals surface area contributed by atoms with Gasteiger partial charge in [-0.1, -0.05) is 25.9 Å². The van der Waals surface area contributed by atoms with Gasteiger partial charge in [-0.2, -0.15) is 14.6 Å². The number of hydrogen-bond donors (Lipinski definition) is 1. The van der Waals surface area contributed by atoms with E-state index in [1.165, 1.54) is 29.8 Å². The predicted octanol–water partition coefficient (Wildman–Crippen LogP) is 4.78. The molecule has 1 amide bonds. The zero-order chi connectivity index (χ0) is 27.7. The maximum atomic E-state index is 15.1. The van der Waals surface area contributed by atoms with E-state index in [0.29, 0.717) is 28.8 Å². The molecule has 1 N–H and O–H groups in total. The maximum absolute atomic E-state index is 15.1. The van der Waals surface area contributed by atoms with Crippen LogP contribution in [-0.2, 0) is 14.8 Å². The Labute approximate surface area is 237 Å². The summed E-state index contributed by atoms with van der Waals surface area (Å²) >= 11 is 0. The summed E-state index contributed by atoms with van der Waals surface area (Å²) in [4.78, 5) is 20.1. The van der Waals surface area contributed by atoms with Crippen LogP contribution in [0.4, 0.5) is 4.39 Å². The van der Waals surface area contributed by atoms with E-state index in [9.17, 15) is 13.2 Å². The molecule has 1 aromatic carbocycles. The summed E-state index contributed by atoms with van der Waals surface area (Å²) in [7, 11) is -4.18. The van der Waals surface area contributed by atoms with Crippen molar-refractivity contribution in [3.8, 4) is 17.0 Å². The fraction of sp³-hybridized carbons (Fsp3) is 0.423. The lowest BCUT2D eigenvalue weighted by Crippen LogP contribution is -2.29. The first-order valence-electron chi connectivity index (χ1n) is 12.8. The van der Waals surface area contributed by atoms with Crippen molar-refractivity contribution in [2.24, 2.45) is 0 Å². The Morgan fingerprint density at radius 3 is 2.60 bits per heavy atom. The van der Waals surface area contributed by atoms with Crippen molar-refractivity contribution in [2.75, 3.05) is 0 Å². The van der Waals surface area contributed by atoms with Crippen molar-refractivity contribution in [3.63, 3.8) is 0 Å². The fourth-order valence-electron chi connectivity index (χ4n) is 4.56.